The Hall–Kier alpha value is -1.57. The van der Waals surface area contributed by atoms with Gasteiger partial charge in [0.25, 0.3) is 0 Å². The van der Waals surface area contributed by atoms with Crippen molar-refractivity contribution in [2.24, 2.45) is 0 Å². The average molecular weight is 436 g/mol. The second kappa shape index (κ2) is 9.39. The first-order valence-corrected chi connectivity index (χ1v) is 10.3. The number of thioether (sulfide) groups is 1. The quantitative estimate of drug-likeness (QED) is 0.704. The highest BCUT2D eigenvalue weighted by Gasteiger charge is 2.12. The Morgan fingerprint density at radius 1 is 1.31 bits per heavy atom. The molecule has 0 aliphatic carbocycles. The summed E-state index contributed by atoms with van der Waals surface area (Å²) < 4.78 is 6.41. The number of ether oxygens (including phenoxy) is 1. The fourth-order valence-corrected chi connectivity index (χ4v) is 3.99. The van der Waals surface area contributed by atoms with Gasteiger partial charge in [-0.25, -0.2) is 4.98 Å². The van der Waals surface area contributed by atoms with Gasteiger partial charge in [0.2, 0.25) is 5.91 Å². The molecule has 0 atom stereocenters. The smallest absolute Gasteiger partial charge is 0.230 e. The largest absolute Gasteiger partial charge is 0.378 e. The average Bonchev–Trinajstić information content (AvgIpc) is 2.67. The van der Waals surface area contributed by atoms with Crippen LogP contribution in [0.15, 0.2) is 45.9 Å². The van der Waals surface area contributed by atoms with Gasteiger partial charge in [0.1, 0.15) is 5.82 Å². The van der Waals surface area contributed by atoms with E-state index >= 15 is 0 Å². The summed E-state index contributed by atoms with van der Waals surface area (Å²) in [4.78, 5) is 19.9. The van der Waals surface area contributed by atoms with Crippen molar-refractivity contribution < 1.29 is 9.53 Å². The molecule has 2 aromatic rings. The van der Waals surface area contributed by atoms with Gasteiger partial charge < -0.3 is 15.0 Å². The normalized spacial score (nSPS) is 14.3. The molecule has 1 aromatic carbocycles. The first-order chi connectivity index (χ1) is 12.6. The van der Waals surface area contributed by atoms with Crippen LogP contribution in [-0.2, 0) is 16.1 Å². The van der Waals surface area contributed by atoms with Gasteiger partial charge in [-0.2, -0.15) is 0 Å². The van der Waals surface area contributed by atoms with Crippen molar-refractivity contribution in [3.05, 3.63) is 52.1 Å². The molecule has 1 aromatic heterocycles. The molecule has 2 heterocycles. The zero-order chi connectivity index (χ0) is 18.4. The molecule has 0 saturated carbocycles. The molecule has 1 amide bonds. The maximum absolute atomic E-state index is 12.1. The molecule has 0 unspecified atom stereocenters. The second-order valence-corrected chi connectivity index (χ2v) is 8.03. The van der Waals surface area contributed by atoms with Crippen molar-refractivity contribution in [2.75, 3.05) is 37.0 Å². The van der Waals surface area contributed by atoms with E-state index in [0.717, 1.165) is 47.1 Å². The monoisotopic (exact) mass is 435 g/mol. The van der Waals surface area contributed by atoms with Crippen molar-refractivity contribution in [2.45, 2.75) is 18.4 Å². The molecule has 1 aliphatic rings. The number of hydrogen-bond donors (Lipinski definition) is 1. The molecule has 1 N–H and O–H groups in total. The minimum Gasteiger partial charge on any atom is -0.378 e. The Kier molecular flexibility index (Phi) is 6.93. The fraction of sp³-hybridized carbons (Fsp3) is 0.368. The molecule has 0 spiro atoms. The lowest BCUT2D eigenvalue weighted by Crippen LogP contribution is -2.36. The Bertz CT molecular complexity index is 749. The summed E-state index contributed by atoms with van der Waals surface area (Å²) in [6, 6.07) is 10.1. The van der Waals surface area contributed by atoms with Gasteiger partial charge in [0, 0.05) is 35.2 Å². The van der Waals surface area contributed by atoms with Crippen LogP contribution in [0.5, 0.6) is 0 Å². The number of amides is 1. The van der Waals surface area contributed by atoms with Crippen molar-refractivity contribution in [1.29, 1.82) is 0 Å². The molecule has 0 bridgehead atoms. The minimum atomic E-state index is 0.0228. The molecule has 138 valence electrons. The number of morpholine rings is 1. The Morgan fingerprint density at radius 3 is 2.81 bits per heavy atom. The molecule has 1 saturated heterocycles. The van der Waals surface area contributed by atoms with Crippen molar-refractivity contribution in [3.63, 3.8) is 0 Å². The Labute approximate surface area is 166 Å². The summed E-state index contributed by atoms with van der Waals surface area (Å²) >= 11 is 5.01. The first-order valence-electron chi connectivity index (χ1n) is 8.55. The zero-order valence-electron chi connectivity index (χ0n) is 14.7. The predicted octanol–water partition coefficient (Wildman–Crippen LogP) is 3.40. The van der Waals surface area contributed by atoms with E-state index < -0.39 is 0 Å². The molecule has 0 radical (unpaired) electrons. The topological polar surface area (TPSA) is 54.5 Å². The number of aromatic nitrogens is 1. The number of rotatable bonds is 6. The number of carbonyl (C=O) groups excluding carboxylic acids is 1. The van der Waals surface area contributed by atoms with E-state index in [2.05, 4.69) is 37.2 Å². The fourth-order valence-electron chi connectivity index (χ4n) is 2.67. The third-order valence-electron chi connectivity index (χ3n) is 4.13. The highest BCUT2D eigenvalue weighted by atomic mass is 79.9. The van der Waals surface area contributed by atoms with E-state index in [1.165, 1.54) is 5.56 Å². The van der Waals surface area contributed by atoms with Crippen LogP contribution in [0.1, 0.15) is 11.1 Å². The maximum atomic E-state index is 12.1. The van der Waals surface area contributed by atoms with Gasteiger partial charge in [-0.3, -0.25) is 4.79 Å². The van der Waals surface area contributed by atoms with Gasteiger partial charge in [0.05, 0.1) is 19.0 Å². The molecule has 1 fully saturated rings. The van der Waals surface area contributed by atoms with Crippen LogP contribution in [-0.4, -0.2) is 42.9 Å². The number of aryl methyl sites for hydroxylation is 1. The summed E-state index contributed by atoms with van der Waals surface area (Å²) in [5.74, 6) is 1.39. The van der Waals surface area contributed by atoms with E-state index in [9.17, 15) is 4.79 Å². The number of benzene rings is 1. The van der Waals surface area contributed by atoms with Crippen LogP contribution in [0.25, 0.3) is 0 Å². The van der Waals surface area contributed by atoms with Gasteiger partial charge in [0.15, 0.2) is 0 Å². The Balaban J connectivity index is 1.45. The van der Waals surface area contributed by atoms with Gasteiger partial charge >= 0.3 is 0 Å². The predicted molar refractivity (Wildman–Crippen MR) is 109 cm³/mol. The van der Waals surface area contributed by atoms with Crippen LogP contribution < -0.4 is 10.2 Å². The molecule has 26 heavy (non-hydrogen) atoms. The SMILES string of the molecule is Cc1cc(Br)ccc1SCC(=O)NCc1ccc(N2CCOCC2)nc1. The summed E-state index contributed by atoms with van der Waals surface area (Å²) in [6.45, 7) is 5.78. The standard InChI is InChI=1S/C19H22BrN3O2S/c1-14-10-16(20)3-4-17(14)26-13-19(24)22-12-15-2-5-18(21-11-15)23-6-8-25-9-7-23/h2-5,10-11H,6-9,12-13H2,1H3,(H,22,24). The Morgan fingerprint density at radius 2 is 2.12 bits per heavy atom. The molecule has 1 aliphatic heterocycles. The first kappa shape index (κ1) is 19.2. The van der Waals surface area contributed by atoms with Gasteiger partial charge in [-0.1, -0.05) is 22.0 Å². The highest BCUT2D eigenvalue weighted by molar-refractivity contribution is 9.10. The molecule has 5 nitrogen and oxygen atoms in total. The molecule has 3 rings (SSSR count). The van der Waals surface area contributed by atoms with Crippen LogP contribution in [0, 0.1) is 6.92 Å². The number of nitrogens with one attached hydrogen (secondary N) is 1. The van der Waals surface area contributed by atoms with E-state index in [4.69, 9.17) is 4.74 Å². The van der Waals surface area contributed by atoms with E-state index in [1.54, 1.807) is 11.8 Å². The van der Waals surface area contributed by atoms with Gasteiger partial charge in [-0.05, 0) is 42.3 Å². The van der Waals surface area contributed by atoms with Crippen molar-refractivity contribution >= 4 is 39.4 Å². The number of nitrogens with zero attached hydrogens (tertiary/aromatic N) is 2. The lowest BCUT2D eigenvalue weighted by Gasteiger charge is -2.27. The van der Waals surface area contributed by atoms with E-state index in [0.29, 0.717) is 12.3 Å². The summed E-state index contributed by atoms with van der Waals surface area (Å²) in [7, 11) is 0. The molecule has 7 heteroatoms. The zero-order valence-corrected chi connectivity index (χ0v) is 17.1. The highest BCUT2D eigenvalue weighted by Crippen LogP contribution is 2.25. The van der Waals surface area contributed by atoms with Crippen molar-refractivity contribution in [3.8, 4) is 0 Å². The van der Waals surface area contributed by atoms with Crippen LogP contribution >= 0.6 is 27.7 Å². The van der Waals surface area contributed by atoms with Crippen molar-refractivity contribution in [1.82, 2.24) is 10.3 Å². The van der Waals surface area contributed by atoms with Crippen LogP contribution in [0.3, 0.4) is 0 Å². The van der Waals surface area contributed by atoms with Gasteiger partial charge in [-0.15, -0.1) is 11.8 Å². The summed E-state index contributed by atoms with van der Waals surface area (Å²) in [6.07, 6.45) is 1.83. The second-order valence-electron chi connectivity index (χ2n) is 6.10. The molecular formula is C19H22BrN3O2S. The third kappa shape index (κ3) is 5.46. The summed E-state index contributed by atoms with van der Waals surface area (Å²) in [5, 5.41) is 2.96. The van der Waals surface area contributed by atoms with Crippen LogP contribution in [0.4, 0.5) is 5.82 Å². The lowest BCUT2D eigenvalue weighted by molar-refractivity contribution is -0.118. The van der Waals surface area contributed by atoms with E-state index in [-0.39, 0.29) is 5.91 Å². The minimum absolute atomic E-state index is 0.0228. The van der Waals surface area contributed by atoms with E-state index in [1.807, 2.05) is 37.4 Å². The number of pyridine rings is 1. The third-order valence-corrected chi connectivity index (χ3v) is 5.80. The number of anilines is 1. The number of halogens is 1. The maximum Gasteiger partial charge on any atom is 0.230 e. The summed E-state index contributed by atoms with van der Waals surface area (Å²) in [5.41, 5.74) is 2.17. The lowest BCUT2D eigenvalue weighted by atomic mass is 10.2. The number of hydrogen-bond acceptors (Lipinski definition) is 5. The molecular weight excluding hydrogens is 414 g/mol. The number of carbonyl (C=O) groups is 1. The van der Waals surface area contributed by atoms with Crippen LogP contribution in [0.2, 0.25) is 0 Å².